The van der Waals surface area contributed by atoms with Gasteiger partial charge in [-0.3, -0.25) is 4.98 Å². The molecular formula is C17H15N3OS. The van der Waals surface area contributed by atoms with Gasteiger partial charge >= 0.3 is 0 Å². The molecule has 0 unspecified atom stereocenters. The normalized spacial score (nSPS) is 10.4. The van der Waals surface area contributed by atoms with E-state index in [1.807, 2.05) is 48.5 Å². The van der Waals surface area contributed by atoms with Crippen LogP contribution in [-0.2, 0) is 5.75 Å². The van der Waals surface area contributed by atoms with E-state index in [4.69, 9.17) is 4.74 Å². The molecule has 3 aromatic rings. The maximum Gasteiger partial charge on any atom is 0.119 e. The first-order valence-corrected chi connectivity index (χ1v) is 7.83. The van der Waals surface area contributed by atoms with Crippen LogP contribution in [0.15, 0.2) is 66.0 Å². The lowest BCUT2D eigenvalue weighted by Gasteiger charge is -2.04. The maximum absolute atomic E-state index is 5.15. The summed E-state index contributed by atoms with van der Waals surface area (Å²) in [5.41, 5.74) is 3.11. The number of nitrogens with zero attached hydrogens (tertiary/aromatic N) is 3. The van der Waals surface area contributed by atoms with Crippen molar-refractivity contribution in [3.8, 4) is 17.0 Å². The van der Waals surface area contributed by atoms with Gasteiger partial charge in [0.1, 0.15) is 10.8 Å². The van der Waals surface area contributed by atoms with Gasteiger partial charge in [0.2, 0.25) is 0 Å². The molecule has 0 radical (unpaired) electrons. The van der Waals surface area contributed by atoms with Crippen LogP contribution in [-0.4, -0.2) is 22.3 Å². The van der Waals surface area contributed by atoms with Crippen molar-refractivity contribution < 1.29 is 4.74 Å². The standard InChI is InChI=1S/C17H15N3OS/c1-21-15-4-2-14(3-5-15)16-6-7-17(20-19-16)22-12-13-8-10-18-11-9-13/h2-11H,12H2,1H3. The molecule has 2 aromatic heterocycles. The molecule has 4 nitrogen and oxygen atoms in total. The lowest BCUT2D eigenvalue weighted by atomic mass is 10.1. The molecule has 22 heavy (non-hydrogen) atoms. The van der Waals surface area contributed by atoms with Gasteiger partial charge in [-0.1, -0.05) is 11.8 Å². The molecule has 0 aliphatic rings. The number of benzene rings is 1. The minimum Gasteiger partial charge on any atom is -0.497 e. The predicted octanol–water partition coefficient (Wildman–Crippen LogP) is 3.84. The molecule has 1 aromatic carbocycles. The third kappa shape index (κ3) is 3.62. The number of hydrogen-bond donors (Lipinski definition) is 0. The molecule has 0 aliphatic heterocycles. The number of pyridine rings is 1. The third-order valence-electron chi connectivity index (χ3n) is 3.16. The summed E-state index contributed by atoms with van der Waals surface area (Å²) in [6.45, 7) is 0. The van der Waals surface area contributed by atoms with Crippen LogP contribution in [0.4, 0.5) is 0 Å². The Balaban J connectivity index is 1.67. The quantitative estimate of drug-likeness (QED) is 0.670. The van der Waals surface area contributed by atoms with Crippen LogP contribution in [0.2, 0.25) is 0 Å². The van der Waals surface area contributed by atoms with Crippen LogP contribution in [0.1, 0.15) is 5.56 Å². The Bertz CT molecular complexity index is 715. The summed E-state index contributed by atoms with van der Waals surface area (Å²) in [7, 11) is 1.66. The molecule has 0 N–H and O–H groups in total. The molecule has 0 amide bonds. The fraction of sp³-hybridized carbons (Fsp3) is 0.118. The number of thioether (sulfide) groups is 1. The Morgan fingerprint density at radius 3 is 2.32 bits per heavy atom. The lowest BCUT2D eigenvalue weighted by Crippen LogP contribution is -1.90. The topological polar surface area (TPSA) is 47.9 Å². The number of ether oxygens (including phenoxy) is 1. The van der Waals surface area contributed by atoms with Crippen LogP contribution < -0.4 is 4.74 Å². The summed E-state index contributed by atoms with van der Waals surface area (Å²) in [5.74, 6) is 1.69. The Kier molecular flexibility index (Phi) is 4.65. The zero-order chi connectivity index (χ0) is 15.2. The van der Waals surface area contributed by atoms with Gasteiger partial charge in [0.25, 0.3) is 0 Å². The van der Waals surface area contributed by atoms with E-state index in [0.717, 1.165) is 27.8 Å². The van der Waals surface area contributed by atoms with E-state index in [1.165, 1.54) is 5.56 Å². The van der Waals surface area contributed by atoms with Crippen molar-refractivity contribution in [1.82, 2.24) is 15.2 Å². The smallest absolute Gasteiger partial charge is 0.119 e. The van der Waals surface area contributed by atoms with E-state index in [9.17, 15) is 0 Å². The highest BCUT2D eigenvalue weighted by Gasteiger charge is 2.03. The van der Waals surface area contributed by atoms with Crippen molar-refractivity contribution in [2.24, 2.45) is 0 Å². The first-order chi connectivity index (χ1) is 10.8. The molecule has 3 rings (SSSR count). The summed E-state index contributed by atoms with van der Waals surface area (Å²) in [5, 5.41) is 9.48. The number of hydrogen-bond acceptors (Lipinski definition) is 5. The van der Waals surface area contributed by atoms with Gasteiger partial charge in [0, 0.05) is 23.7 Å². The van der Waals surface area contributed by atoms with Gasteiger partial charge in [0.05, 0.1) is 12.8 Å². The number of aromatic nitrogens is 3. The summed E-state index contributed by atoms with van der Waals surface area (Å²) in [6.07, 6.45) is 3.60. The molecule has 0 bridgehead atoms. The molecule has 0 fully saturated rings. The van der Waals surface area contributed by atoms with E-state index >= 15 is 0 Å². The second-order valence-electron chi connectivity index (χ2n) is 4.63. The Labute approximate surface area is 133 Å². The fourth-order valence-corrected chi connectivity index (χ4v) is 2.72. The highest BCUT2D eigenvalue weighted by molar-refractivity contribution is 7.98. The Hall–Kier alpha value is -2.40. The molecule has 0 saturated heterocycles. The van der Waals surface area contributed by atoms with Gasteiger partial charge in [-0.25, -0.2) is 0 Å². The predicted molar refractivity (Wildman–Crippen MR) is 87.8 cm³/mol. The zero-order valence-corrected chi connectivity index (χ0v) is 13.0. The maximum atomic E-state index is 5.15. The monoisotopic (exact) mass is 309 g/mol. The van der Waals surface area contributed by atoms with Crippen LogP contribution >= 0.6 is 11.8 Å². The van der Waals surface area contributed by atoms with Gasteiger partial charge in [-0.15, -0.1) is 10.2 Å². The Morgan fingerprint density at radius 1 is 0.909 bits per heavy atom. The fourth-order valence-electron chi connectivity index (χ4n) is 1.95. The van der Waals surface area contributed by atoms with Gasteiger partial charge in [-0.05, 0) is 54.1 Å². The molecule has 0 saturated carbocycles. The minimum absolute atomic E-state index is 0.834. The SMILES string of the molecule is COc1ccc(-c2ccc(SCc3ccncc3)nn2)cc1. The summed E-state index contributed by atoms with van der Waals surface area (Å²) in [4.78, 5) is 4.01. The highest BCUT2D eigenvalue weighted by atomic mass is 32.2. The van der Waals surface area contributed by atoms with Crippen molar-refractivity contribution in [3.05, 3.63) is 66.5 Å². The molecule has 0 atom stereocenters. The van der Waals surface area contributed by atoms with Crippen molar-refractivity contribution in [1.29, 1.82) is 0 Å². The lowest BCUT2D eigenvalue weighted by molar-refractivity contribution is 0.415. The molecule has 110 valence electrons. The second-order valence-corrected chi connectivity index (χ2v) is 5.63. The van der Waals surface area contributed by atoms with E-state index in [2.05, 4.69) is 15.2 Å². The first kappa shape index (κ1) is 14.5. The van der Waals surface area contributed by atoms with E-state index in [1.54, 1.807) is 31.3 Å². The van der Waals surface area contributed by atoms with E-state index in [-0.39, 0.29) is 0 Å². The third-order valence-corrected chi connectivity index (χ3v) is 4.15. The van der Waals surface area contributed by atoms with Crippen LogP contribution in [0.3, 0.4) is 0 Å². The van der Waals surface area contributed by atoms with Crippen molar-refractivity contribution in [2.75, 3.05) is 7.11 Å². The largest absolute Gasteiger partial charge is 0.497 e. The van der Waals surface area contributed by atoms with E-state index < -0.39 is 0 Å². The van der Waals surface area contributed by atoms with Gasteiger partial charge < -0.3 is 4.74 Å². The number of methoxy groups -OCH3 is 1. The minimum atomic E-state index is 0.834. The van der Waals surface area contributed by atoms with Crippen molar-refractivity contribution >= 4 is 11.8 Å². The molecule has 5 heteroatoms. The summed E-state index contributed by atoms with van der Waals surface area (Å²) < 4.78 is 5.15. The average Bonchev–Trinajstić information content (AvgIpc) is 2.61. The Morgan fingerprint density at radius 2 is 1.68 bits per heavy atom. The second kappa shape index (κ2) is 7.04. The summed E-state index contributed by atoms with van der Waals surface area (Å²) in [6, 6.07) is 15.8. The zero-order valence-electron chi connectivity index (χ0n) is 12.1. The van der Waals surface area contributed by atoms with E-state index in [0.29, 0.717) is 0 Å². The first-order valence-electron chi connectivity index (χ1n) is 6.85. The summed E-state index contributed by atoms with van der Waals surface area (Å²) >= 11 is 1.66. The van der Waals surface area contributed by atoms with Crippen molar-refractivity contribution in [2.45, 2.75) is 10.8 Å². The van der Waals surface area contributed by atoms with Crippen LogP contribution in [0.5, 0.6) is 5.75 Å². The molecular weight excluding hydrogens is 294 g/mol. The van der Waals surface area contributed by atoms with Crippen LogP contribution in [0.25, 0.3) is 11.3 Å². The molecule has 0 spiro atoms. The average molecular weight is 309 g/mol. The molecule has 0 aliphatic carbocycles. The molecule has 2 heterocycles. The van der Waals surface area contributed by atoms with Crippen LogP contribution in [0, 0.1) is 0 Å². The highest BCUT2D eigenvalue weighted by Crippen LogP contribution is 2.23. The van der Waals surface area contributed by atoms with Gasteiger partial charge in [0.15, 0.2) is 0 Å². The number of rotatable bonds is 5. The van der Waals surface area contributed by atoms with Gasteiger partial charge in [-0.2, -0.15) is 0 Å². The van der Waals surface area contributed by atoms with Crippen molar-refractivity contribution in [3.63, 3.8) is 0 Å².